The summed E-state index contributed by atoms with van der Waals surface area (Å²) in [6.07, 6.45) is 0. The minimum absolute atomic E-state index is 0.0602. The number of rotatable bonds is 10. The summed E-state index contributed by atoms with van der Waals surface area (Å²) >= 11 is 2.81. The van der Waals surface area contributed by atoms with Crippen LogP contribution in [0.3, 0.4) is 0 Å². The number of methoxy groups -OCH3 is 1. The van der Waals surface area contributed by atoms with E-state index in [0.29, 0.717) is 18.9 Å². The van der Waals surface area contributed by atoms with Crippen molar-refractivity contribution in [3.05, 3.63) is 29.8 Å². The zero-order valence-corrected chi connectivity index (χ0v) is 17.5. The SMILES string of the molecule is COCCNc1nnc(SCC(=O)Nc2ccc(CN3CCOCC3)cc2)s1. The molecule has 28 heavy (non-hydrogen) atoms. The fourth-order valence-corrected chi connectivity index (χ4v) is 4.21. The quantitative estimate of drug-likeness (QED) is 0.444. The van der Waals surface area contributed by atoms with Gasteiger partial charge in [-0.25, -0.2) is 0 Å². The maximum atomic E-state index is 12.2. The third kappa shape index (κ3) is 7.02. The Morgan fingerprint density at radius 2 is 2.07 bits per heavy atom. The van der Waals surface area contributed by atoms with E-state index in [1.165, 1.54) is 28.7 Å². The maximum absolute atomic E-state index is 12.2. The smallest absolute Gasteiger partial charge is 0.234 e. The summed E-state index contributed by atoms with van der Waals surface area (Å²) in [5, 5.41) is 14.9. The van der Waals surface area contributed by atoms with Gasteiger partial charge in [0, 0.05) is 39.0 Å². The highest BCUT2D eigenvalue weighted by Gasteiger charge is 2.11. The first-order valence-electron chi connectivity index (χ1n) is 9.11. The zero-order valence-electron chi connectivity index (χ0n) is 15.8. The second kappa shape index (κ2) is 11.3. The molecule has 2 heterocycles. The molecule has 0 unspecified atom stereocenters. The van der Waals surface area contributed by atoms with Crippen LogP contribution in [0.25, 0.3) is 0 Å². The molecule has 0 spiro atoms. The third-order valence-corrected chi connectivity index (χ3v) is 6.08. The number of carbonyl (C=O) groups excluding carboxylic acids is 1. The molecule has 0 bridgehead atoms. The van der Waals surface area contributed by atoms with Crippen molar-refractivity contribution in [3.8, 4) is 0 Å². The molecule has 1 saturated heterocycles. The van der Waals surface area contributed by atoms with Gasteiger partial charge in [-0.2, -0.15) is 0 Å². The van der Waals surface area contributed by atoms with Crippen LogP contribution in [0.5, 0.6) is 0 Å². The summed E-state index contributed by atoms with van der Waals surface area (Å²) < 4.78 is 11.1. The second-order valence-electron chi connectivity index (χ2n) is 6.21. The summed E-state index contributed by atoms with van der Waals surface area (Å²) in [7, 11) is 1.65. The van der Waals surface area contributed by atoms with E-state index in [-0.39, 0.29) is 5.91 Å². The fraction of sp³-hybridized carbons (Fsp3) is 0.500. The minimum Gasteiger partial charge on any atom is -0.383 e. The Bertz CT molecular complexity index is 735. The predicted octanol–water partition coefficient (Wildman–Crippen LogP) is 2.16. The molecule has 0 atom stereocenters. The van der Waals surface area contributed by atoms with Crippen molar-refractivity contribution in [3.63, 3.8) is 0 Å². The summed E-state index contributed by atoms with van der Waals surface area (Å²) in [6, 6.07) is 8.00. The molecule has 152 valence electrons. The highest BCUT2D eigenvalue weighted by molar-refractivity contribution is 8.01. The van der Waals surface area contributed by atoms with Crippen molar-refractivity contribution < 1.29 is 14.3 Å². The van der Waals surface area contributed by atoms with E-state index < -0.39 is 0 Å². The van der Waals surface area contributed by atoms with Crippen molar-refractivity contribution in [1.29, 1.82) is 0 Å². The van der Waals surface area contributed by atoms with Crippen molar-refractivity contribution in [2.24, 2.45) is 0 Å². The molecule has 1 amide bonds. The standard InChI is InChI=1S/C18H25N5O3S2/c1-25-9-6-19-17-21-22-18(28-17)27-13-16(24)20-15-4-2-14(3-5-15)12-23-7-10-26-11-8-23/h2-5H,6-13H2,1H3,(H,19,21)(H,20,24). The minimum atomic E-state index is -0.0602. The number of nitrogens with zero attached hydrogens (tertiary/aromatic N) is 3. The van der Waals surface area contributed by atoms with Crippen molar-refractivity contribution in [1.82, 2.24) is 15.1 Å². The van der Waals surface area contributed by atoms with E-state index in [1.807, 2.05) is 12.1 Å². The Balaban J connectivity index is 1.39. The van der Waals surface area contributed by atoms with Crippen LogP contribution >= 0.6 is 23.1 Å². The van der Waals surface area contributed by atoms with Gasteiger partial charge >= 0.3 is 0 Å². The molecule has 8 nitrogen and oxygen atoms in total. The molecule has 2 N–H and O–H groups in total. The Labute approximate surface area is 173 Å². The molecule has 10 heteroatoms. The Morgan fingerprint density at radius 3 is 2.82 bits per heavy atom. The number of nitrogens with one attached hydrogen (secondary N) is 2. The molecule has 0 saturated carbocycles. The average Bonchev–Trinajstić information content (AvgIpc) is 3.17. The van der Waals surface area contributed by atoms with Gasteiger partial charge in [-0.05, 0) is 17.7 Å². The number of hydrogen-bond acceptors (Lipinski definition) is 9. The zero-order chi connectivity index (χ0) is 19.6. The van der Waals surface area contributed by atoms with Crippen LogP contribution in [0, 0.1) is 0 Å². The average molecular weight is 424 g/mol. The van der Waals surface area contributed by atoms with Gasteiger partial charge in [0.15, 0.2) is 4.34 Å². The molecule has 1 aromatic heterocycles. The topological polar surface area (TPSA) is 88.6 Å². The van der Waals surface area contributed by atoms with Crippen molar-refractivity contribution >= 4 is 39.8 Å². The van der Waals surface area contributed by atoms with Gasteiger partial charge in [0.1, 0.15) is 0 Å². The molecule has 1 aliphatic rings. The maximum Gasteiger partial charge on any atom is 0.234 e. The van der Waals surface area contributed by atoms with Gasteiger partial charge in [0.05, 0.1) is 25.6 Å². The van der Waals surface area contributed by atoms with E-state index in [2.05, 4.69) is 37.9 Å². The first-order valence-corrected chi connectivity index (χ1v) is 10.9. The van der Waals surface area contributed by atoms with Crippen LogP contribution in [0.4, 0.5) is 10.8 Å². The lowest BCUT2D eigenvalue weighted by molar-refractivity contribution is -0.113. The van der Waals surface area contributed by atoms with Gasteiger partial charge < -0.3 is 20.1 Å². The number of carbonyl (C=O) groups is 1. The van der Waals surface area contributed by atoms with E-state index in [0.717, 1.165) is 48.0 Å². The molecule has 1 fully saturated rings. The molecular weight excluding hydrogens is 398 g/mol. The number of amides is 1. The van der Waals surface area contributed by atoms with Gasteiger partial charge in [-0.1, -0.05) is 35.2 Å². The van der Waals surface area contributed by atoms with E-state index in [4.69, 9.17) is 9.47 Å². The molecule has 1 aromatic carbocycles. The lowest BCUT2D eigenvalue weighted by atomic mass is 10.2. The summed E-state index contributed by atoms with van der Waals surface area (Å²) in [6.45, 7) is 5.71. The number of morpholine rings is 1. The van der Waals surface area contributed by atoms with Crippen LogP contribution in [-0.2, 0) is 20.8 Å². The normalized spacial score (nSPS) is 14.8. The molecule has 0 aliphatic carbocycles. The molecular formula is C18H25N5O3S2. The summed E-state index contributed by atoms with van der Waals surface area (Å²) in [5.41, 5.74) is 2.03. The number of anilines is 2. The lowest BCUT2D eigenvalue weighted by Crippen LogP contribution is -2.35. The van der Waals surface area contributed by atoms with Crippen LogP contribution in [0.15, 0.2) is 28.6 Å². The summed E-state index contributed by atoms with van der Waals surface area (Å²) in [4.78, 5) is 14.5. The Kier molecular flexibility index (Phi) is 8.49. The van der Waals surface area contributed by atoms with Crippen molar-refractivity contribution in [2.45, 2.75) is 10.9 Å². The first kappa shape index (κ1) is 21.0. The van der Waals surface area contributed by atoms with Crippen LogP contribution < -0.4 is 10.6 Å². The number of thioether (sulfide) groups is 1. The van der Waals surface area contributed by atoms with Gasteiger partial charge in [0.25, 0.3) is 0 Å². The molecule has 1 aliphatic heterocycles. The number of aromatic nitrogens is 2. The monoisotopic (exact) mass is 423 g/mol. The molecule has 3 rings (SSSR count). The molecule has 0 radical (unpaired) electrons. The lowest BCUT2D eigenvalue weighted by Gasteiger charge is -2.26. The number of hydrogen-bond donors (Lipinski definition) is 2. The third-order valence-electron chi connectivity index (χ3n) is 4.06. The Hall–Kier alpha value is -1.72. The first-order chi connectivity index (χ1) is 13.7. The Morgan fingerprint density at radius 1 is 1.29 bits per heavy atom. The van der Waals surface area contributed by atoms with E-state index in [9.17, 15) is 4.79 Å². The summed E-state index contributed by atoms with van der Waals surface area (Å²) in [5.74, 6) is 0.234. The number of ether oxygens (including phenoxy) is 2. The van der Waals surface area contributed by atoms with E-state index >= 15 is 0 Å². The molecule has 2 aromatic rings. The van der Waals surface area contributed by atoms with Crippen LogP contribution in [-0.4, -0.2) is 73.3 Å². The van der Waals surface area contributed by atoms with E-state index in [1.54, 1.807) is 7.11 Å². The largest absolute Gasteiger partial charge is 0.383 e. The van der Waals surface area contributed by atoms with Crippen LogP contribution in [0.1, 0.15) is 5.56 Å². The predicted molar refractivity (Wildman–Crippen MR) is 112 cm³/mol. The second-order valence-corrected chi connectivity index (χ2v) is 8.41. The number of benzene rings is 1. The van der Waals surface area contributed by atoms with Gasteiger partial charge in [0.2, 0.25) is 11.0 Å². The fourth-order valence-electron chi connectivity index (χ4n) is 2.63. The van der Waals surface area contributed by atoms with Gasteiger partial charge in [-0.15, -0.1) is 10.2 Å². The van der Waals surface area contributed by atoms with Gasteiger partial charge in [-0.3, -0.25) is 9.69 Å². The highest BCUT2D eigenvalue weighted by Crippen LogP contribution is 2.25. The highest BCUT2D eigenvalue weighted by atomic mass is 32.2. The van der Waals surface area contributed by atoms with Crippen molar-refractivity contribution in [2.75, 3.05) is 63.0 Å². The van der Waals surface area contributed by atoms with Crippen LogP contribution in [0.2, 0.25) is 0 Å².